The summed E-state index contributed by atoms with van der Waals surface area (Å²) in [5, 5.41) is -0.395. The zero-order chi connectivity index (χ0) is 9.97. The van der Waals surface area contributed by atoms with E-state index in [0.29, 0.717) is 13.2 Å². The molecular weight excluding hydrogens is 206 g/mol. The third kappa shape index (κ3) is 2.02. The van der Waals surface area contributed by atoms with Gasteiger partial charge in [0.05, 0.1) is 19.3 Å². The zero-order valence-electron chi connectivity index (χ0n) is 7.95. The molecule has 0 aromatic heterocycles. The molecule has 0 saturated carbocycles. The fraction of sp³-hybridized carbons (Fsp3) is 0.889. The van der Waals surface area contributed by atoms with Crippen LogP contribution in [0, 0.1) is 0 Å². The van der Waals surface area contributed by atoms with Crippen molar-refractivity contribution in [3.05, 3.63) is 0 Å². The Balaban J connectivity index is 2.01. The van der Waals surface area contributed by atoms with E-state index in [1.54, 1.807) is 4.90 Å². The van der Waals surface area contributed by atoms with Gasteiger partial charge in [-0.3, -0.25) is 4.79 Å². The highest BCUT2D eigenvalue weighted by Crippen LogP contribution is 2.25. The molecule has 2 saturated heterocycles. The molecule has 1 atom stereocenters. The number of carbonyl (C=O) groups excluding carboxylic acids is 1. The maximum absolute atomic E-state index is 11.1. The first-order chi connectivity index (χ1) is 6.79. The number of ether oxygens (including phenoxy) is 2. The molecule has 0 radical (unpaired) electrons. The van der Waals surface area contributed by atoms with Crippen molar-refractivity contribution in [2.75, 3.05) is 19.8 Å². The molecule has 0 N–H and O–H groups in total. The summed E-state index contributed by atoms with van der Waals surface area (Å²) in [6.45, 7) is 1.95. The minimum absolute atomic E-state index is 0.0104. The molecule has 0 bridgehead atoms. The van der Waals surface area contributed by atoms with Crippen LogP contribution in [0.5, 0.6) is 0 Å². The van der Waals surface area contributed by atoms with Crippen LogP contribution in [0.1, 0.15) is 19.3 Å². The van der Waals surface area contributed by atoms with Crippen LogP contribution in [0.3, 0.4) is 0 Å². The molecule has 2 heterocycles. The van der Waals surface area contributed by atoms with E-state index < -0.39 is 5.37 Å². The summed E-state index contributed by atoms with van der Waals surface area (Å²) < 4.78 is 10.8. The molecule has 80 valence electrons. The number of rotatable bonds is 1. The number of halogens is 1. The van der Waals surface area contributed by atoms with Crippen LogP contribution >= 0.6 is 11.6 Å². The molecule has 5 heteroatoms. The van der Waals surface area contributed by atoms with Crippen LogP contribution in [-0.2, 0) is 9.47 Å². The summed E-state index contributed by atoms with van der Waals surface area (Å²) in [6, 6.07) is 0.0104. The first-order valence-corrected chi connectivity index (χ1v) is 5.36. The smallest absolute Gasteiger partial charge is 0.316 e. The Morgan fingerprint density at radius 2 is 2.00 bits per heavy atom. The maximum Gasteiger partial charge on any atom is 0.316 e. The molecule has 1 amide bonds. The van der Waals surface area contributed by atoms with Crippen LogP contribution in [0.25, 0.3) is 0 Å². The van der Waals surface area contributed by atoms with Crippen LogP contribution in [-0.4, -0.2) is 42.4 Å². The Morgan fingerprint density at radius 1 is 1.29 bits per heavy atom. The second-order valence-electron chi connectivity index (χ2n) is 3.62. The van der Waals surface area contributed by atoms with Crippen molar-refractivity contribution in [1.29, 1.82) is 0 Å². The van der Waals surface area contributed by atoms with E-state index >= 15 is 0 Å². The van der Waals surface area contributed by atoms with Crippen molar-refractivity contribution in [3.63, 3.8) is 0 Å². The highest BCUT2D eigenvalue weighted by atomic mass is 35.5. The van der Waals surface area contributed by atoms with Gasteiger partial charge in [-0.25, -0.2) is 0 Å². The molecule has 0 spiro atoms. The molecule has 4 nitrogen and oxygen atoms in total. The number of hydrogen-bond donors (Lipinski definition) is 0. The second kappa shape index (κ2) is 4.47. The van der Waals surface area contributed by atoms with Crippen LogP contribution in [0.2, 0.25) is 0 Å². The van der Waals surface area contributed by atoms with Gasteiger partial charge in [-0.15, -0.1) is 0 Å². The number of hydrogen-bond acceptors (Lipinski definition) is 3. The van der Waals surface area contributed by atoms with Gasteiger partial charge < -0.3 is 14.4 Å². The van der Waals surface area contributed by atoms with Crippen LogP contribution in [0.4, 0.5) is 4.79 Å². The number of carbonyl (C=O) groups is 1. The average Bonchev–Trinajstić information content (AvgIpc) is 2.70. The van der Waals surface area contributed by atoms with Gasteiger partial charge >= 0.3 is 5.37 Å². The topological polar surface area (TPSA) is 38.8 Å². The Bertz CT molecular complexity index is 218. The number of amides is 1. The summed E-state index contributed by atoms with van der Waals surface area (Å²) in [5.74, 6) is 0. The number of piperidine rings is 1. The normalized spacial score (nSPS) is 29.5. The van der Waals surface area contributed by atoms with E-state index in [-0.39, 0.29) is 12.3 Å². The van der Waals surface area contributed by atoms with Crippen molar-refractivity contribution in [2.24, 2.45) is 0 Å². The highest BCUT2D eigenvalue weighted by molar-refractivity contribution is 6.62. The Labute approximate surface area is 88.1 Å². The van der Waals surface area contributed by atoms with Crippen molar-refractivity contribution in [1.82, 2.24) is 4.90 Å². The summed E-state index contributed by atoms with van der Waals surface area (Å²) in [5.41, 5.74) is 0. The van der Waals surface area contributed by atoms with Crippen molar-refractivity contribution in [3.8, 4) is 0 Å². The largest absolute Gasteiger partial charge is 0.348 e. The van der Waals surface area contributed by atoms with E-state index in [1.165, 1.54) is 0 Å². The van der Waals surface area contributed by atoms with Crippen molar-refractivity contribution in [2.45, 2.75) is 31.6 Å². The van der Waals surface area contributed by atoms with Gasteiger partial charge in [0.25, 0.3) is 0 Å². The molecule has 0 aromatic carbocycles. The Morgan fingerprint density at radius 3 is 2.64 bits per heavy atom. The number of likely N-dealkylation sites (tertiary alicyclic amines) is 1. The second-order valence-corrected chi connectivity index (χ2v) is 3.94. The highest BCUT2D eigenvalue weighted by Gasteiger charge is 2.35. The van der Waals surface area contributed by atoms with Crippen LogP contribution in [0.15, 0.2) is 0 Å². The van der Waals surface area contributed by atoms with Crippen molar-refractivity contribution < 1.29 is 14.3 Å². The first-order valence-electron chi connectivity index (χ1n) is 4.98. The molecule has 2 rings (SSSR count). The molecule has 2 fully saturated rings. The molecule has 1 unspecified atom stereocenters. The summed E-state index contributed by atoms with van der Waals surface area (Å²) in [7, 11) is 0. The lowest BCUT2D eigenvalue weighted by Gasteiger charge is -2.36. The summed E-state index contributed by atoms with van der Waals surface area (Å²) in [6.07, 6.45) is 2.78. The lowest BCUT2D eigenvalue weighted by atomic mass is 10.0. The van der Waals surface area contributed by atoms with E-state index in [2.05, 4.69) is 0 Å². The molecule has 0 aliphatic carbocycles. The van der Waals surface area contributed by atoms with Gasteiger partial charge in [-0.1, -0.05) is 0 Å². The summed E-state index contributed by atoms with van der Waals surface area (Å²) in [4.78, 5) is 12.8. The van der Waals surface area contributed by atoms with Gasteiger partial charge in [-0.2, -0.15) is 0 Å². The van der Waals surface area contributed by atoms with Gasteiger partial charge in [-0.05, 0) is 30.9 Å². The monoisotopic (exact) mass is 219 g/mol. The SMILES string of the molecule is O=C(Cl)N1CCCCC1C1OCCO1. The average molecular weight is 220 g/mol. The molecule has 2 aliphatic rings. The first kappa shape index (κ1) is 10.2. The lowest BCUT2D eigenvalue weighted by molar-refractivity contribution is -0.0965. The van der Waals surface area contributed by atoms with Gasteiger partial charge in [0.1, 0.15) is 0 Å². The maximum atomic E-state index is 11.1. The van der Waals surface area contributed by atoms with Gasteiger partial charge in [0.15, 0.2) is 6.29 Å². The lowest BCUT2D eigenvalue weighted by Crippen LogP contribution is -2.48. The third-order valence-electron chi connectivity index (χ3n) is 2.74. The predicted octanol–water partition coefficient (Wildman–Crippen LogP) is 1.57. The Kier molecular flexibility index (Phi) is 3.26. The molecule has 2 aliphatic heterocycles. The molecule has 0 aromatic rings. The van der Waals surface area contributed by atoms with E-state index in [0.717, 1.165) is 25.8 Å². The van der Waals surface area contributed by atoms with E-state index in [9.17, 15) is 4.79 Å². The van der Waals surface area contributed by atoms with Crippen molar-refractivity contribution >= 4 is 17.0 Å². The van der Waals surface area contributed by atoms with Gasteiger partial charge in [0, 0.05) is 6.54 Å². The fourth-order valence-corrected chi connectivity index (χ4v) is 2.27. The van der Waals surface area contributed by atoms with Gasteiger partial charge in [0.2, 0.25) is 0 Å². The minimum atomic E-state index is -0.395. The Hall–Kier alpha value is -0.320. The standard InChI is InChI=1S/C9H14ClNO3/c10-9(12)11-4-2-1-3-7(11)8-13-5-6-14-8/h7-8H,1-6H2. The predicted molar refractivity (Wildman–Crippen MR) is 51.3 cm³/mol. The quantitative estimate of drug-likeness (QED) is 0.497. The fourth-order valence-electron chi connectivity index (χ4n) is 2.06. The van der Waals surface area contributed by atoms with E-state index in [4.69, 9.17) is 21.1 Å². The molecular formula is C9H14ClNO3. The zero-order valence-corrected chi connectivity index (χ0v) is 8.70. The van der Waals surface area contributed by atoms with Crippen LogP contribution < -0.4 is 0 Å². The van der Waals surface area contributed by atoms with E-state index in [1.807, 2.05) is 0 Å². The third-order valence-corrected chi connectivity index (χ3v) is 2.95. The molecule has 14 heavy (non-hydrogen) atoms. The minimum Gasteiger partial charge on any atom is -0.348 e. The summed E-state index contributed by atoms with van der Waals surface area (Å²) >= 11 is 5.51. The number of nitrogens with zero attached hydrogens (tertiary/aromatic N) is 1.